The fourth-order valence-electron chi connectivity index (χ4n) is 2.85. The molecule has 0 saturated carbocycles. The lowest BCUT2D eigenvalue weighted by molar-refractivity contribution is -0.0924. The molecule has 0 aromatic carbocycles. The third kappa shape index (κ3) is 2.85. The van der Waals surface area contributed by atoms with Gasteiger partial charge in [0.15, 0.2) is 12.4 Å². The maximum absolute atomic E-state index is 10.3. The Morgan fingerprint density at radius 1 is 1.38 bits per heavy atom. The summed E-state index contributed by atoms with van der Waals surface area (Å²) in [5, 5.41) is 31.3. The van der Waals surface area contributed by atoms with Crippen molar-refractivity contribution >= 4 is 12.7 Å². The van der Waals surface area contributed by atoms with Gasteiger partial charge in [-0.2, -0.15) is 0 Å². The van der Waals surface area contributed by atoms with Crippen molar-refractivity contribution in [3.8, 4) is 0 Å². The van der Waals surface area contributed by atoms with Gasteiger partial charge in [-0.1, -0.05) is 6.08 Å². The fourth-order valence-corrected chi connectivity index (χ4v) is 2.85. The summed E-state index contributed by atoms with van der Waals surface area (Å²) >= 11 is 0. The lowest BCUT2D eigenvalue weighted by atomic mass is 10.1. The average molecular weight is 337 g/mol. The highest BCUT2D eigenvalue weighted by Crippen LogP contribution is 2.31. The van der Waals surface area contributed by atoms with E-state index in [1.54, 1.807) is 34.9 Å². The summed E-state index contributed by atoms with van der Waals surface area (Å²) in [6, 6.07) is 0. The number of rotatable bonds is 5. The quantitative estimate of drug-likeness (QED) is 0.464. The van der Waals surface area contributed by atoms with Gasteiger partial charge >= 0.3 is 0 Å². The molecule has 5 atom stereocenters. The molecule has 0 spiro atoms. The van der Waals surface area contributed by atoms with Crippen molar-refractivity contribution in [2.45, 2.75) is 50.1 Å². The number of hydrogen-bond acceptors (Lipinski definition) is 9. The topological polar surface area (TPSA) is 113 Å². The molecular formula is C15H23N5O4. The van der Waals surface area contributed by atoms with Crippen molar-refractivity contribution in [2.24, 2.45) is 9.98 Å². The van der Waals surface area contributed by atoms with Crippen LogP contribution >= 0.6 is 0 Å². The van der Waals surface area contributed by atoms with Gasteiger partial charge in [0.05, 0.1) is 19.1 Å². The minimum Gasteiger partial charge on any atom is -0.394 e. The number of aliphatic imine (C=N–C) groups is 2. The van der Waals surface area contributed by atoms with Crippen molar-refractivity contribution in [1.82, 2.24) is 15.3 Å². The lowest BCUT2D eigenvalue weighted by Gasteiger charge is -2.41. The SMILES string of the molecule is C=CC(C)(C)NN1C=NC=C2N=CN([C@@H]3O[C@H](CO)[C@@H](O)[C@H]3O)C21. The second-order valence-electron chi connectivity index (χ2n) is 6.56. The van der Waals surface area contributed by atoms with E-state index in [2.05, 4.69) is 22.0 Å². The molecule has 9 nitrogen and oxygen atoms in total. The monoisotopic (exact) mass is 337 g/mol. The molecule has 0 aromatic heterocycles. The molecule has 3 aliphatic heterocycles. The zero-order valence-corrected chi connectivity index (χ0v) is 13.6. The predicted octanol–water partition coefficient (Wildman–Crippen LogP) is -1.25. The maximum Gasteiger partial charge on any atom is 0.165 e. The minimum absolute atomic E-state index is 0.375. The Labute approximate surface area is 140 Å². The Balaban J connectivity index is 1.83. The number of fused-ring (bicyclic) bond motifs is 1. The van der Waals surface area contributed by atoms with Gasteiger partial charge in [0.25, 0.3) is 0 Å². The van der Waals surface area contributed by atoms with Gasteiger partial charge in [-0.15, -0.1) is 6.58 Å². The number of aliphatic hydroxyl groups excluding tert-OH is 3. The highest BCUT2D eigenvalue weighted by molar-refractivity contribution is 5.68. The van der Waals surface area contributed by atoms with Gasteiger partial charge in [-0.25, -0.2) is 15.4 Å². The van der Waals surface area contributed by atoms with Crippen LogP contribution in [0.15, 0.2) is 34.5 Å². The molecule has 3 heterocycles. The van der Waals surface area contributed by atoms with E-state index in [0.29, 0.717) is 5.70 Å². The zero-order valence-electron chi connectivity index (χ0n) is 13.6. The van der Waals surface area contributed by atoms with Crippen LogP contribution in [-0.2, 0) is 4.74 Å². The normalized spacial score (nSPS) is 35.4. The minimum atomic E-state index is -1.17. The largest absolute Gasteiger partial charge is 0.394 e. The second kappa shape index (κ2) is 6.26. The molecular weight excluding hydrogens is 314 g/mol. The van der Waals surface area contributed by atoms with E-state index in [9.17, 15) is 15.3 Å². The van der Waals surface area contributed by atoms with Crippen molar-refractivity contribution in [1.29, 1.82) is 0 Å². The van der Waals surface area contributed by atoms with E-state index in [-0.39, 0.29) is 6.61 Å². The number of nitrogens with zero attached hydrogens (tertiary/aromatic N) is 4. The lowest BCUT2D eigenvalue weighted by Crippen LogP contribution is -2.61. The summed E-state index contributed by atoms with van der Waals surface area (Å²) in [7, 11) is 0. The summed E-state index contributed by atoms with van der Waals surface area (Å²) in [6.45, 7) is 7.34. The number of aliphatic hydroxyl groups is 3. The molecule has 3 aliphatic rings. The number of hydrogen-bond donors (Lipinski definition) is 4. The number of nitrogens with one attached hydrogen (secondary N) is 1. The zero-order chi connectivity index (χ0) is 17.5. The summed E-state index contributed by atoms with van der Waals surface area (Å²) < 4.78 is 5.61. The second-order valence-corrected chi connectivity index (χ2v) is 6.56. The van der Waals surface area contributed by atoms with Crippen molar-refractivity contribution < 1.29 is 20.1 Å². The molecule has 1 unspecified atom stereocenters. The van der Waals surface area contributed by atoms with Crippen LogP contribution in [0.3, 0.4) is 0 Å². The van der Waals surface area contributed by atoms with Gasteiger partial charge in [-0.3, -0.25) is 5.01 Å². The average Bonchev–Trinajstić information content (AvgIpc) is 3.10. The van der Waals surface area contributed by atoms with E-state index in [1.165, 1.54) is 0 Å². The molecule has 4 N–H and O–H groups in total. The molecule has 9 heteroatoms. The van der Waals surface area contributed by atoms with Crippen LogP contribution in [0.25, 0.3) is 0 Å². The van der Waals surface area contributed by atoms with E-state index in [4.69, 9.17) is 4.74 Å². The molecule has 24 heavy (non-hydrogen) atoms. The van der Waals surface area contributed by atoms with Crippen LogP contribution in [0.5, 0.6) is 0 Å². The van der Waals surface area contributed by atoms with E-state index >= 15 is 0 Å². The summed E-state index contributed by atoms with van der Waals surface area (Å²) in [5.41, 5.74) is 3.55. The van der Waals surface area contributed by atoms with Gasteiger partial charge in [0.2, 0.25) is 0 Å². The van der Waals surface area contributed by atoms with Crippen LogP contribution in [0, 0.1) is 0 Å². The first-order valence-corrected chi connectivity index (χ1v) is 7.75. The molecule has 132 valence electrons. The molecule has 0 radical (unpaired) electrons. The van der Waals surface area contributed by atoms with Crippen molar-refractivity contribution in [2.75, 3.05) is 6.61 Å². The van der Waals surface area contributed by atoms with Gasteiger partial charge in [0.1, 0.15) is 30.3 Å². The third-order valence-electron chi connectivity index (χ3n) is 4.29. The van der Waals surface area contributed by atoms with E-state index in [0.717, 1.165) is 0 Å². The first-order valence-electron chi connectivity index (χ1n) is 7.75. The first-order chi connectivity index (χ1) is 11.4. The maximum atomic E-state index is 10.3. The molecule has 0 bridgehead atoms. The first kappa shape index (κ1) is 17.1. The molecule has 1 fully saturated rings. The highest BCUT2D eigenvalue weighted by Gasteiger charge is 2.49. The molecule has 0 aromatic rings. The van der Waals surface area contributed by atoms with E-state index < -0.39 is 36.2 Å². The van der Waals surface area contributed by atoms with Gasteiger partial charge < -0.3 is 25.0 Å². The Morgan fingerprint density at radius 2 is 2.12 bits per heavy atom. The van der Waals surface area contributed by atoms with Crippen molar-refractivity contribution in [3.63, 3.8) is 0 Å². The smallest absolute Gasteiger partial charge is 0.165 e. The highest BCUT2D eigenvalue weighted by atomic mass is 16.6. The van der Waals surface area contributed by atoms with Gasteiger partial charge in [-0.05, 0) is 13.8 Å². The Bertz CT molecular complexity index is 590. The number of ether oxygens (including phenoxy) is 1. The van der Waals surface area contributed by atoms with Crippen LogP contribution in [0.1, 0.15) is 13.8 Å². The molecule has 3 rings (SSSR count). The Morgan fingerprint density at radius 3 is 2.75 bits per heavy atom. The van der Waals surface area contributed by atoms with Gasteiger partial charge in [0, 0.05) is 5.54 Å². The molecule has 1 saturated heterocycles. The van der Waals surface area contributed by atoms with Crippen LogP contribution in [0.4, 0.5) is 0 Å². The summed E-state index contributed by atoms with van der Waals surface area (Å²) in [5.74, 6) is 0. The Hall–Kier alpha value is -1.78. The molecule has 0 amide bonds. The summed E-state index contributed by atoms with van der Waals surface area (Å²) in [4.78, 5) is 10.1. The summed E-state index contributed by atoms with van der Waals surface area (Å²) in [6.07, 6.45) is 2.15. The molecule has 0 aliphatic carbocycles. The number of hydrazine groups is 1. The van der Waals surface area contributed by atoms with Crippen molar-refractivity contribution in [3.05, 3.63) is 24.6 Å². The fraction of sp³-hybridized carbons (Fsp3) is 0.600. The third-order valence-corrected chi connectivity index (χ3v) is 4.29. The van der Waals surface area contributed by atoms with E-state index in [1.807, 2.05) is 13.8 Å². The predicted molar refractivity (Wildman–Crippen MR) is 87.7 cm³/mol. The van der Waals surface area contributed by atoms with Crippen LogP contribution in [0.2, 0.25) is 0 Å². The Kier molecular flexibility index (Phi) is 4.45. The van der Waals surface area contributed by atoms with Crippen LogP contribution in [-0.4, -0.2) is 80.8 Å². The standard InChI is InChI=1S/C15H23N5O4/c1-4-15(2,3)18-20-7-16-5-9-13(20)19(8-17-9)14-12(23)11(22)10(6-21)24-14/h4-5,7-8,10-14,18,21-23H,1,6H2,2-3H3/t10-,11-,12-,13?,14-/m1/s1. The van der Waals surface area contributed by atoms with Crippen LogP contribution < -0.4 is 5.43 Å².